The van der Waals surface area contributed by atoms with E-state index in [4.69, 9.17) is 17.4 Å². The van der Waals surface area contributed by atoms with Crippen molar-refractivity contribution >= 4 is 67.5 Å². The van der Waals surface area contributed by atoms with E-state index in [1.807, 2.05) is 18.2 Å². The summed E-state index contributed by atoms with van der Waals surface area (Å²) >= 11 is 11.4. The zero-order valence-electron chi connectivity index (χ0n) is 9.95. The van der Waals surface area contributed by atoms with Crippen LogP contribution >= 0.6 is 50.1 Å². The molecule has 0 saturated heterocycles. The summed E-state index contributed by atoms with van der Waals surface area (Å²) in [5.41, 5.74) is 3.40. The van der Waals surface area contributed by atoms with Crippen LogP contribution in [0.15, 0.2) is 34.8 Å². The van der Waals surface area contributed by atoms with Crippen molar-refractivity contribution < 1.29 is 4.79 Å². The third kappa shape index (κ3) is 3.81. The van der Waals surface area contributed by atoms with Gasteiger partial charge in [0.1, 0.15) is 11.0 Å². The lowest BCUT2D eigenvalue weighted by molar-refractivity contribution is 0.102. The van der Waals surface area contributed by atoms with E-state index in [1.54, 1.807) is 0 Å². The highest BCUT2D eigenvalue weighted by molar-refractivity contribution is 14.1. The molecule has 0 atom stereocenters. The third-order valence-corrected chi connectivity index (χ3v) is 3.90. The number of carbonyl (C=O) groups is 1. The van der Waals surface area contributed by atoms with Gasteiger partial charge in [0.25, 0.3) is 5.91 Å². The first-order valence-electron chi connectivity index (χ1n) is 5.40. The molecular weight excluding hydrogens is 458 g/mol. The summed E-state index contributed by atoms with van der Waals surface area (Å²) in [7, 11) is 0. The van der Waals surface area contributed by atoms with Crippen molar-refractivity contribution in [2.45, 2.75) is 0 Å². The Morgan fingerprint density at radius 3 is 2.75 bits per heavy atom. The Balaban J connectivity index is 2.26. The summed E-state index contributed by atoms with van der Waals surface area (Å²) < 4.78 is 1.86. The highest BCUT2D eigenvalue weighted by Gasteiger charge is 2.11. The van der Waals surface area contributed by atoms with E-state index in [-0.39, 0.29) is 11.1 Å². The van der Waals surface area contributed by atoms with Gasteiger partial charge in [-0.3, -0.25) is 4.79 Å². The van der Waals surface area contributed by atoms with Crippen LogP contribution in [-0.2, 0) is 0 Å². The standard InChI is InChI=1S/C12H9BrClIN4O/c13-8-5-7(15)1-2-9(8)17-12(20)6-3-10(14)18-11(4-6)19-16/h1-5H,16H2,(H,17,20)(H,18,19). The molecule has 1 heterocycles. The van der Waals surface area contributed by atoms with Crippen molar-refractivity contribution in [2.24, 2.45) is 5.84 Å². The first kappa shape index (κ1) is 15.5. The molecule has 0 radical (unpaired) electrons. The Morgan fingerprint density at radius 1 is 1.35 bits per heavy atom. The number of pyridine rings is 1. The molecule has 1 amide bonds. The molecule has 20 heavy (non-hydrogen) atoms. The lowest BCUT2D eigenvalue weighted by atomic mass is 10.2. The molecular formula is C12H9BrClIN4O. The number of halogens is 3. The number of hydrogen-bond acceptors (Lipinski definition) is 4. The average Bonchev–Trinajstić information content (AvgIpc) is 2.41. The van der Waals surface area contributed by atoms with Crippen LogP contribution in [0, 0.1) is 3.57 Å². The highest BCUT2D eigenvalue weighted by Crippen LogP contribution is 2.25. The Labute approximate surface area is 142 Å². The van der Waals surface area contributed by atoms with Gasteiger partial charge in [-0.25, -0.2) is 10.8 Å². The number of hydrazine groups is 1. The molecule has 1 aromatic heterocycles. The molecule has 4 N–H and O–H groups in total. The van der Waals surface area contributed by atoms with Crippen molar-refractivity contribution in [2.75, 3.05) is 10.7 Å². The number of rotatable bonds is 3. The number of nitrogens with zero attached hydrogens (tertiary/aromatic N) is 1. The monoisotopic (exact) mass is 466 g/mol. The van der Waals surface area contributed by atoms with Crippen LogP contribution in [0.25, 0.3) is 0 Å². The minimum absolute atomic E-state index is 0.187. The van der Waals surface area contributed by atoms with Crippen molar-refractivity contribution in [3.8, 4) is 0 Å². The molecule has 0 aliphatic carbocycles. The first-order chi connectivity index (χ1) is 9.49. The number of benzene rings is 1. The lowest BCUT2D eigenvalue weighted by Gasteiger charge is -2.09. The summed E-state index contributed by atoms with van der Waals surface area (Å²) in [5.74, 6) is 5.29. The maximum absolute atomic E-state index is 12.2. The Kier molecular flexibility index (Phi) is 5.19. The first-order valence-corrected chi connectivity index (χ1v) is 7.65. The number of hydrogen-bond donors (Lipinski definition) is 3. The zero-order valence-corrected chi connectivity index (χ0v) is 14.5. The summed E-state index contributed by atoms with van der Waals surface area (Å²) in [6.45, 7) is 0. The van der Waals surface area contributed by atoms with E-state index in [9.17, 15) is 4.79 Å². The van der Waals surface area contributed by atoms with Crippen LogP contribution in [0.5, 0.6) is 0 Å². The SMILES string of the molecule is NNc1cc(C(=O)Nc2ccc(I)cc2Br)cc(Cl)n1. The van der Waals surface area contributed by atoms with Crippen LogP contribution in [-0.4, -0.2) is 10.9 Å². The number of amides is 1. The fourth-order valence-corrected chi connectivity index (χ4v) is 3.09. The zero-order chi connectivity index (χ0) is 14.7. The van der Waals surface area contributed by atoms with Gasteiger partial charge in [-0.2, -0.15) is 0 Å². The molecule has 0 unspecified atom stereocenters. The molecule has 2 rings (SSSR count). The number of aromatic nitrogens is 1. The number of anilines is 2. The summed E-state index contributed by atoms with van der Waals surface area (Å²) in [6.07, 6.45) is 0. The topological polar surface area (TPSA) is 80.0 Å². The van der Waals surface area contributed by atoms with Crippen molar-refractivity contribution in [3.05, 3.63) is 49.1 Å². The van der Waals surface area contributed by atoms with Gasteiger partial charge in [0.2, 0.25) is 0 Å². The molecule has 0 fully saturated rings. The Morgan fingerprint density at radius 2 is 2.10 bits per heavy atom. The van der Waals surface area contributed by atoms with E-state index in [1.165, 1.54) is 12.1 Å². The van der Waals surface area contributed by atoms with Crippen LogP contribution < -0.4 is 16.6 Å². The molecule has 0 saturated carbocycles. The smallest absolute Gasteiger partial charge is 0.255 e. The minimum atomic E-state index is -0.298. The Hall–Kier alpha value is -0.900. The van der Waals surface area contributed by atoms with E-state index in [0.29, 0.717) is 17.1 Å². The van der Waals surface area contributed by atoms with Gasteiger partial charge < -0.3 is 10.7 Å². The summed E-state index contributed by atoms with van der Waals surface area (Å²) in [5, 5.41) is 2.98. The molecule has 5 nitrogen and oxygen atoms in total. The quantitative estimate of drug-likeness (QED) is 0.279. The molecule has 0 bridgehead atoms. The molecule has 1 aromatic carbocycles. The molecule has 0 spiro atoms. The highest BCUT2D eigenvalue weighted by atomic mass is 127. The second kappa shape index (κ2) is 6.70. The van der Waals surface area contributed by atoms with Crippen LogP contribution in [0.3, 0.4) is 0 Å². The van der Waals surface area contributed by atoms with Crippen LogP contribution in [0.2, 0.25) is 5.15 Å². The van der Waals surface area contributed by atoms with Crippen LogP contribution in [0.1, 0.15) is 10.4 Å². The third-order valence-electron chi connectivity index (χ3n) is 2.38. The van der Waals surface area contributed by atoms with Gasteiger partial charge in [-0.05, 0) is 68.9 Å². The fourth-order valence-electron chi connectivity index (χ4n) is 1.49. The maximum Gasteiger partial charge on any atom is 0.255 e. The van der Waals surface area contributed by atoms with Gasteiger partial charge in [-0.1, -0.05) is 11.6 Å². The van der Waals surface area contributed by atoms with E-state index < -0.39 is 0 Å². The van der Waals surface area contributed by atoms with Gasteiger partial charge in [0.05, 0.1) is 5.69 Å². The number of nitrogens with one attached hydrogen (secondary N) is 2. The van der Waals surface area contributed by atoms with E-state index in [0.717, 1.165) is 8.04 Å². The second-order valence-corrected chi connectivity index (χ2v) is 6.27. The molecule has 104 valence electrons. The predicted molar refractivity (Wildman–Crippen MR) is 91.9 cm³/mol. The second-order valence-electron chi connectivity index (χ2n) is 3.79. The number of nitrogens with two attached hydrogens (primary N) is 1. The van der Waals surface area contributed by atoms with Crippen molar-refractivity contribution in [3.63, 3.8) is 0 Å². The Bertz CT molecular complexity index is 668. The maximum atomic E-state index is 12.2. The molecule has 0 aliphatic heterocycles. The van der Waals surface area contributed by atoms with Gasteiger partial charge in [0.15, 0.2) is 0 Å². The minimum Gasteiger partial charge on any atom is -0.321 e. The molecule has 8 heteroatoms. The van der Waals surface area contributed by atoms with Crippen LogP contribution in [0.4, 0.5) is 11.5 Å². The van der Waals surface area contributed by atoms with Gasteiger partial charge in [-0.15, -0.1) is 0 Å². The number of carbonyl (C=O) groups excluding carboxylic acids is 1. The normalized spacial score (nSPS) is 10.2. The van der Waals surface area contributed by atoms with E-state index >= 15 is 0 Å². The van der Waals surface area contributed by atoms with Gasteiger partial charge in [0, 0.05) is 13.6 Å². The van der Waals surface area contributed by atoms with Gasteiger partial charge >= 0.3 is 0 Å². The molecule has 2 aromatic rings. The van der Waals surface area contributed by atoms with E-state index in [2.05, 4.69) is 54.2 Å². The largest absolute Gasteiger partial charge is 0.321 e. The fraction of sp³-hybridized carbons (Fsp3) is 0. The lowest BCUT2D eigenvalue weighted by Crippen LogP contribution is -2.15. The van der Waals surface area contributed by atoms with Crippen molar-refractivity contribution in [1.82, 2.24) is 4.98 Å². The van der Waals surface area contributed by atoms with Crippen molar-refractivity contribution in [1.29, 1.82) is 0 Å². The number of nitrogen functional groups attached to an aromatic ring is 1. The summed E-state index contributed by atoms with van der Waals surface area (Å²) in [4.78, 5) is 16.1. The molecule has 0 aliphatic rings. The average molecular weight is 467 g/mol. The predicted octanol–water partition coefficient (Wildman–Crippen LogP) is 3.64. The summed E-state index contributed by atoms with van der Waals surface area (Å²) in [6, 6.07) is 8.60.